The maximum absolute atomic E-state index is 5.74. The van der Waals surface area contributed by atoms with Crippen molar-refractivity contribution >= 4 is 0 Å². The van der Waals surface area contributed by atoms with Gasteiger partial charge in [0.05, 0.1) is 6.10 Å². The Bertz CT molecular complexity index is 262. The first-order valence-corrected chi connectivity index (χ1v) is 8.45. The number of piperidine rings is 1. The summed E-state index contributed by atoms with van der Waals surface area (Å²) in [6.45, 7) is 6.72. The van der Waals surface area contributed by atoms with Crippen LogP contribution in [0.1, 0.15) is 51.9 Å². The molecule has 0 spiro atoms. The van der Waals surface area contributed by atoms with Gasteiger partial charge in [0.15, 0.2) is 0 Å². The Kier molecular flexibility index (Phi) is 4.78. The van der Waals surface area contributed by atoms with E-state index < -0.39 is 0 Å². The van der Waals surface area contributed by atoms with E-state index in [0.29, 0.717) is 6.10 Å². The molecule has 0 amide bonds. The van der Waals surface area contributed by atoms with Crippen LogP contribution in [0, 0.1) is 5.92 Å². The third kappa shape index (κ3) is 3.50. The number of rotatable bonds is 4. The lowest BCUT2D eigenvalue weighted by atomic mass is 9.85. The maximum Gasteiger partial charge on any atom is 0.0599 e. The molecule has 0 aromatic rings. The Morgan fingerprint density at radius 2 is 1.89 bits per heavy atom. The van der Waals surface area contributed by atoms with Gasteiger partial charge in [-0.05, 0) is 44.9 Å². The molecule has 2 aliphatic heterocycles. The Morgan fingerprint density at radius 1 is 1.11 bits per heavy atom. The fraction of sp³-hybridized carbons (Fsp3) is 1.00. The predicted molar refractivity (Wildman–Crippen MR) is 78.4 cm³/mol. The third-order valence-corrected chi connectivity index (χ3v) is 5.36. The van der Waals surface area contributed by atoms with Crippen LogP contribution in [-0.2, 0) is 4.74 Å². The summed E-state index contributed by atoms with van der Waals surface area (Å²) in [6, 6.07) is 1.61. The minimum absolute atomic E-state index is 0.528. The molecule has 3 nitrogen and oxygen atoms in total. The molecule has 1 N–H and O–H groups in total. The summed E-state index contributed by atoms with van der Waals surface area (Å²) in [5, 5.41) is 3.90. The van der Waals surface area contributed by atoms with Gasteiger partial charge < -0.3 is 15.0 Å². The monoisotopic (exact) mass is 266 g/mol. The number of ether oxygens (including phenoxy) is 1. The van der Waals surface area contributed by atoms with Gasteiger partial charge in [-0.15, -0.1) is 0 Å². The summed E-state index contributed by atoms with van der Waals surface area (Å²) in [5.41, 5.74) is 0. The average molecular weight is 266 g/mol. The minimum Gasteiger partial charge on any atom is -0.378 e. The van der Waals surface area contributed by atoms with Gasteiger partial charge in [0.25, 0.3) is 0 Å². The standard InChI is InChI=1S/C16H30N2O/c1-2-19-15-7-9-18(10-8-15)12-14-11-13-5-3-4-6-16(13)17-14/h13-17H,2-12H2,1H3. The predicted octanol–water partition coefficient (Wildman–Crippen LogP) is 2.41. The Hall–Kier alpha value is -0.120. The van der Waals surface area contributed by atoms with Gasteiger partial charge >= 0.3 is 0 Å². The van der Waals surface area contributed by atoms with Crippen molar-refractivity contribution < 1.29 is 4.74 Å². The van der Waals surface area contributed by atoms with Crippen LogP contribution in [0.2, 0.25) is 0 Å². The van der Waals surface area contributed by atoms with E-state index in [1.165, 1.54) is 64.6 Å². The summed E-state index contributed by atoms with van der Waals surface area (Å²) < 4.78 is 5.74. The van der Waals surface area contributed by atoms with Crippen LogP contribution < -0.4 is 5.32 Å². The van der Waals surface area contributed by atoms with E-state index in [1.54, 1.807) is 0 Å². The fourth-order valence-corrected chi connectivity index (χ4v) is 4.38. The molecule has 2 heterocycles. The number of fused-ring (bicyclic) bond motifs is 1. The van der Waals surface area contributed by atoms with E-state index in [2.05, 4.69) is 17.1 Å². The first-order valence-electron chi connectivity index (χ1n) is 8.45. The number of nitrogens with one attached hydrogen (secondary N) is 1. The quantitative estimate of drug-likeness (QED) is 0.845. The van der Waals surface area contributed by atoms with Crippen molar-refractivity contribution in [3.63, 3.8) is 0 Å². The SMILES string of the molecule is CCOC1CCN(CC2CC3CCCCC3N2)CC1. The molecule has 0 bridgehead atoms. The van der Waals surface area contributed by atoms with Crippen molar-refractivity contribution in [2.24, 2.45) is 5.92 Å². The van der Waals surface area contributed by atoms with Crippen LogP contribution in [0.4, 0.5) is 0 Å². The van der Waals surface area contributed by atoms with Gasteiger partial charge in [-0.1, -0.05) is 12.8 Å². The summed E-state index contributed by atoms with van der Waals surface area (Å²) in [6.07, 6.45) is 10.2. The molecule has 3 fully saturated rings. The van der Waals surface area contributed by atoms with E-state index in [4.69, 9.17) is 4.74 Å². The summed E-state index contributed by atoms with van der Waals surface area (Å²) >= 11 is 0. The van der Waals surface area contributed by atoms with Gasteiger partial charge in [0.2, 0.25) is 0 Å². The second-order valence-electron chi connectivity index (χ2n) is 6.71. The lowest BCUT2D eigenvalue weighted by molar-refractivity contribution is 0.0126. The van der Waals surface area contributed by atoms with Crippen LogP contribution in [-0.4, -0.2) is 49.3 Å². The van der Waals surface area contributed by atoms with Crippen molar-refractivity contribution in [1.82, 2.24) is 10.2 Å². The van der Waals surface area contributed by atoms with E-state index in [1.807, 2.05) is 0 Å². The molecule has 0 radical (unpaired) electrons. The largest absolute Gasteiger partial charge is 0.378 e. The lowest BCUT2D eigenvalue weighted by Crippen LogP contribution is -2.44. The Morgan fingerprint density at radius 3 is 2.63 bits per heavy atom. The van der Waals surface area contributed by atoms with E-state index >= 15 is 0 Å². The number of hydrogen-bond acceptors (Lipinski definition) is 3. The van der Waals surface area contributed by atoms with Crippen LogP contribution in [0.15, 0.2) is 0 Å². The zero-order valence-corrected chi connectivity index (χ0v) is 12.4. The molecule has 110 valence electrons. The highest BCUT2D eigenvalue weighted by atomic mass is 16.5. The third-order valence-electron chi connectivity index (χ3n) is 5.36. The second kappa shape index (κ2) is 6.55. The summed E-state index contributed by atoms with van der Waals surface area (Å²) in [7, 11) is 0. The molecule has 2 saturated heterocycles. The topological polar surface area (TPSA) is 24.5 Å². The molecule has 0 aromatic carbocycles. The zero-order valence-electron chi connectivity index (χ0n) is 12.4. The van der Waals surface area contributed by atoms with E-state index in [-0.39, 0.29) is 0 Å². The van der Waals surface area contributed by atoms with Crippen molar-refractivity contribution in [1.29, 1.82) is 0 Å². The molecule has 19 heavy (non-hydrogen) atoms. The van der Waals surface area contributed by atoms with Crippen LogP contribution in [0.3, 0.4) is 0 Å². The van der Waals surface area contributed by atoms with Crippen LogP contribution in [0.5, 0.6) is 0 Å². The molecule has 3 aliphatic rings. The molecule has 3 atom stereocenters. The molecular formula is C16H30N2O. The normalized spacial score (nSPS) is 37.4. The molecule has 0 aromatic heterocycles. The smallest absolute Gasteiger partial charge is 0.0599 e. The van der Waals surface area contributed by atoms with Crippen molar-refractivity contribution in [2.45, 2.75) is 70.1 Å². The van der Waals surface area contributed by atoms with E-state index in [0.717, 1.165) is 24.6 Å². The molecule has 1 aliphatic carbocycles. The highest BCUT2D eigenvalue weighted by Crippen LogP contribution is 2.33. The van der Waals surface area contributed by atoms with Gasteiger partial charge in [-0.2, -0.15) is 0 Å². The van der Waals surface area contributed by atoms with Crippen molar-refractivity contribution in [3.05, 3.63) is 0 Å². The van der Waals surface area contributed by atoms with Crippen molar-refractivity contribution in [3.8, 4) is 0 Å². The maximum atomic E-state index is 5.74. The molecule has 3 heteroatoms. The van der Waals surface area contributed by atoms with Crippen LogP contribution in [0.25, 0.3) is 0 Å². The highest BCUT2D eigenvalue weighted by molar-refractivity contribution is 4.94. The number of likely N-dealkylation sites (tertiary alicyclic amines) is 1. The van der Waals surface area contributed by atoms with Gasteiger partial charge in [-0.25, -0.2) is 0 Å². The van der Waals surface area contributed by atoms with E-state index in [9.17, 15) is 0 Å². The molecular weight excluding hydrogens is 236 g/mol. The van der Waals surface area contributed by atoms with Crippen molar-refractivity contribution in [2.75, 3.05) is 26.2 Å². The fourth-order valence-electron chi connectivity index (χ4n) is 4.38. The van der Waals surface area contributed by atoms with Crippen LogP contribution >= 0.6 is 0 Å². The first-order chi connectivity index (χ1) is 9.35. The number of hydrogen-bond donors (Lipinski definition) is 1. The average Bonchev–Trinajstić information content (AvgIpc) is 2.83. The lowest BCUT2D eigenvalue weighted by Gasteiger charge is -2.33. The minimum atomic E-state index is 0.528. The summed E-state index contributed by atoms with van der Waals surface area (Å²) in [4.78, 5) is 2.66. The van der Waals surface area contributed by atoms with Gasteiger partial charge in [-0.3, -0.25) is 0 Å². The second-order valence-corrected chi connectivity index (χ2v) is 6.71. The summed E-state index contributed by atoms with van der Waals surface area (Å²) in [5.74, 6) is 0.986. The van der Waals surface area contributed by atoms with Gasteiger partial charge in [0, 0.05) is 38.3 Å². The first kappa shape index (κ1) is 13.8. The molecule has 1 saturated carbocycles. The highest BCUT2D eigenvalue weighted by Gasteiger charge is 2.35. The van der Waals surface area contributed by atoms with Gasteiger partial charge in [0.1, 0.15) is 0 Å². The number of nitrogens with zero attached hydrogens (tertiary/aromatic N) is 1. The molecule has 3 unspecified atom stereocenters. The zero-order chi connectivity index (χ0) is 13.1. The Balaban J connectivity index is 1.41. The Labute approximate surface area is 118 Å². The molecule has 3 rings (SSSR count).